The summed E-state index contributed by atoms with van der Waals surface area (Å²) >= 11 is 0. The highest BCUT2D eigenvalue weighted by atomic mass is 16.3. The molecule has 0 aromatic carbocycles. The summed E-state index contributed by atoms with van der Waals surface area (Å²) in [7, 11) is 0. The first-order valence-corrected chi connectivity index (χ1v) is 8.10. The molecule has 3 rings (SSSR count). The summed E-state index contributed by atoms with van der Waals surface area (Å²) in [5.41, 5.74) is 2.58. The lowest BCUT2D eigenvalue weighted by Crippen LogP contribution is -2.40. The van der Waals surface area contributed by atoms with Crippen LogP contribution in [0.25, 0.3) is 0 Å². The molecule has 0 bridgehead atoms. The Morgan fingerprint density at radius 1 is 1.05 bits per heavy atom. The third-order valence-electron chi connectivity index (χ3n) is 4.73. The van der Waals surface area contributed by atoms with Gasteiger partial charge in [-0.05, 0) is 38.5 Å². The van der Waals surface area contributed by atoms with E-state index in [4.69, 9.17) is 0 Å². The van der Waals surface area contributed by atoms with Gasteiger partial charge < -0.3 is 10.0 Å². The van der Waals surface area contributed by atoms with Crippen LogP contribution in [0.3, 0.4) is 0 Å². The predicted octanol–water partition coefficient (Wildman–Crippen LogP) is 2.49. The van der Waals surface area contributed by atoms with Crippen LogP contribution in [0.15, 0.2) is 6.33 Å². The van der Waals surface area contributed by atoms with Crippen molar-refractivity contribution in [3.63, 3.8) is 0 Å². The van der Waals surface area contributed by atoms with Crippen LogP contribution in [0.4, 0.5) is 5.82 Å². The summed E-state index contributed by atoms with van der Waals surface area (Å²) in [5, 5.41) is 9.45. The maximum absolute atomic E-state index is 9.45. The van der Waals surface area contributed by atoms with Crippen LogP contribution in [-0.4, -0.2) is 34.3 Å². The van der Waals surface area contributed by atoms with Crippen molar-refractivity contribution in [2.24, 2.45) is 0 Å². The Hall–Kier alpha value is -1.16. The first kappa shape index (κ1) is 13.8. The lowest BCUT2D eigenvalue weighted by Gasteiger charge is -2.36. The van der Waals surface area contributed by atoms with Gasteiger partial charge in [-0.3, -0.25) is 0 Å². The minimum Gasteiger partial charge on any atom is -0.395 e. The van der Waals surface area contributed by atoms with E-state index in [-0.39, 0.29) is 6.61 Å². The second-order valence-electron chi connectivity index (χ2n) is 6.04. The smallest absolute Gasteiger partial charge is 0.135 e. The molecular formula is C16H25N3O. The zero-order valence-electron chi connectivity index (χ0n) is 12.2. The fourth-order valence-corrected chi connectivity index (χ4v) is 3.71. The number of hydrogen-bond donors (Lipinski definition) is 1. The SMILES string of the molecule is OCCN(c1ncnc2c1CCCC2)C1CCCCC1. The largest absolute Gasteiger partial charge is 0.395 e. The van der Waals surface area contributed by atoms with Crippen LogP contribution in [0, 0.1) is 0 Å². The van der Waals surface area contributed by atoms with Crippen LogP contribution >= 0.6 is 0 Å². The number of aromatic nitrogens is 2. The van der Waals surface area contributed by atoms with E-state index in [9.17, 15) is 5.11 Å². The molecule has 4 nitrogen and oxygen atoms in total. The van der Waals surface area contributed by atoms with E-state index in [1.807, 2.05) is 0 Å². The molecule has 4 heteroatoms. The average Bonchev–Trinajstić information content (AvgIpc) is 2.53. The van der Waals surface area contributed by atoms with Gasteiger partial charge in [-0.1, -0.05) is 19.3 Å². The third-order valence-corrected chi connectivity index (χ3v) is 4.73. The molecule has 1 N–H and O–H groups in total. The Labute approximate surface area is 121 Å². The molecule has 1 heterocycles. The van der Waals surface area contributed by atoms with Crippen LogP contribution in [-0.2, 0) is 12.8 Å². The van der Waals surface area contributed by atoms with E-state index in [2.05, 4.69) is 14.9 Å². The molecule has 0 unspecified atom stereocenters. The lowest BCUT2D eigenvalue weighted by atomic mass is 9.92. The molecule has 2 aliphatic rings. The third kappa shape index (κ3) is 2.80. The topological polar surface area (TPSA) is 49.2 Å². The van der Waals surface area contributed by atoms with Gasteiger partial charge in [0, 0.05) is 23.8 Å². The van der Waals surface area contributed by atoms with Gasteiger partial charge in [0.25, 0.3) is 0 Å². The number of anilines is 1. The second kappa shape index (κ2) is 6.53. The molecule has 20 heavy (non-hydrogen) atoms. The molecule has 1 fully saturated rings. The minimum absolute atomic E-state index is 0.204. The fourth-order valence-electron chi connectivity index (χ4n) is 3.71. The predicted molar refractivity (Wildman–Crippen MR) is 80.0 cm³/mol. The van der Waals surface area contributed by atoms with Gasteiger partial charge in [-0.15, -0.1) is 0 Å². The van der Waals surface area contributed by atoms with Crippen molar-refractivity contribution in [2.75, 3.05) is 18.1 Å². The summed E-state index contributed by atoms with van der Waals surface area (Å²) in [5.74, 6) is 1.11. The van der Waals surface area contributed by atoms with Crippen molar-refractivity contribution in [3.8, 4) is 0 Å². The first-order valence-electron chi connectivity index (χ1n) is 8.10. The zero-order chi connectivity index (χ0) is 13.8. The minimum atomic E-state index is 0.204. The van der Waals surface area contributed by atoms with E-state index in [0.717, 1.165) is 18.7 Å². The number of aliphatic hydroxyl groups is 1. The van der Waals surface area contributed by atoms with Gasteiger partial charge in [-0.25, -0.2) is 9.97 Å². The van der Waals surface area contributed by atoms with E-state index in [0.29, 0.717) is 12.6 Å². The standard InChI is InChI=1S/C16H25N3O/c20-11-10-19(13-6-2-1-3-7-13)16-14-8-4-5-9-15(14)17-12-18-16/h12-13,20H,1-11H2. The highest BCUT2D eigenvalue weighted by Gasteiger charge is 2.26. The summed E-state index contributed by atoms with van der Waals surface area (Å²) in [6.45, 7) is 0.906. The monoisotopic (exact) mass is 275 g/mol. The Morgan fingerprint density at radius 3 is 2.65 bits per heavy atom. The molecule has 1 aromatic rings. The zero-order valence-corrected chi connectivity index (χ0v) is 12.2. The van der Waals surface area contributed by atoms with E-state index >= 15 is 0 Å². The van der Waals surface area contributed by atoms with Crippen LogP contribution < -0.4 is 4.90 Å². The van der Waals surface area contributed by atoms with Crippen LogP contribution in [0.2, 0.25) is 0 Å². The summed E-state index contributed by atoms with van der Waals surface area (Å²) in [6.07, 6.45) is 12.8. The maximum atomic E-state index is 9.45. The summed E-state index contributed by atoms with van der Waals surface area (Å²) in [6, 6.07) is 0.553. The fraction of sp³-hybridized carbons (Fsp3) is 0.750. The number of hydrogen-bond acceptors (Lipinski definition) is 4. The number of fused-ring (bicyclic) bond motifs is 1. The number of aliphatic hydroxyl groups excluding tert-OH is 1. The molecule has 2 aliphatic carbocycles. The van der Waals surface area contributed by atoms with Crippen molar-refractivity contribution < 1.29 is 5.11 Å². The van der Waals surface area contributed by atoms with Crippen molar-refractivity contribution >= 4 is 5.82 Å². The molecule has 110 valence electrons. The first-order chi connectivity index (χ1) is 9.90. The van der Waals surface area contributed by atoms with Gasteiger partial charge in [0.1, 0.15) is 12.1 Å². The average molecular weight is 275 g/mol. The summed E-state index contributed by atoms with van der Waals surface area (Å²) in [4.78, 5) is 11.4. The molecule has 1 saturated carbocycles. The Kier molecular flexibility index (Phi) is 4.51. The van der Waals surface area contributed by atoms with E-state index < -0.39 is 0 Å². The molecule has 0 radical (unpaired) electrons. The van der Waals surface area contributed by atoms with Gasteiger partial charge in [-0.2, -0.15) is 0 Å². The van der Waals surface area contributed by atoms with Crippen molar-refractivity contribution in [3.05, 3.63) is 17.6 Å². The van der Waals surface area contributed by atoms with Crippen molar-refractivity contribution in [1.29, 1.82) is 0 Å². The number of rotatable bonds is 4. The molecule has 1 aromatic heterocycles. The maximum Gasteiger partial charge on any atom is 0.135 e. The summed E-state index contributed by atoms with van der Waals surface area (Å²) < 4.78 is 0. The lowest BCUT2D eigenvalue weighted by molar-refractivity contribution is 0.289. The molecule has 0 saturated heterocycles. The van der Waals surface area contributed by atoms with E-state index in [1.165, 1.54) is 56.2 Å². The Morgan fingerprint density at radius 2 is 1.85 bits per heavy atom. The van der Waals surface area contributed by atoms with E-state index in [1.54, 1.807) is 6.33 Å². The number of aryl methyl sites for hydroxylation is 1. The molecular weight excluding hydrogens is 250 g/mol. The Bertz CT molecular complexity index is 443. The Balaban J connectivity index is 1.90. The van der Waals surface area contributed by atoms with Crippen LogP contribution in [0.5, 0.6) is 0 Å². The van der Waals surface area contributed by atoms with Gasteiger partial charge >= 0.3 is 0 Å². The molecule has 0 spiro atoms. The van der Waals surface area contributed by atoms with Crippen molar-refractivity contribution in [1.82, 2.24) is 9.97 Å². The highest BCUT2D eigenvalue weighted by Crippen LogP contribution is 2.31. The highest BCUT2D eigenvalue weighted by molar-refractivity contribution is 5.50. The van der Waals surface area contributed by atoms with Crippen LogP contribution in [0.1, 0.15) is 56.2 Å². The quantitative estimate of drug-likeness (QED) is 0.917. The molecule has 0 aliphatic heterocycles. The molecule has 0 atom stereocenters. The van der Waals surface area contributed by atoms with Gasteiger partial charge in [0.05, 0.1) is 6.61 Å². The molecule has 0 amide bonds. The second-order valence-corrected chi connectivity index (χ2v) is 6.04. The van der Waals surface area contributed by atoms with Gasteiger partial charge in [0.2, 0.25) is 0 Å². The normalized spacial score (nSPS) is 19.6. The van der Waals surface area contributed by atoms with Crippen molar-refractivity contribution in [2.45, 2.75) is 63.8 Å². The number of nitrogens with zero attached hydrogens (tertiary/aromatic N) is 3. The van der Waals surface area contributed by atoms with Gasteiger partial charge in [0.15, 0.2) is 0 Å².